The van der Waals surface area contributed by atoms with Crippen LogP contribution in [0.5, 0.6) is 17.5 Å². The number of carbonyl (C=O) groups is 1. The van der Waals surface area contributed by atoms with Gasteiger partial charge in [-0.3, -0.25) is 24.1 Å². The fourth-order valence-corrected chi connectivity index (χ4v) is 10.5. The number of ether oxygens (including phenoxy) is 1. The second-order valence-electron chi connectivity index (χ2n) is 20.5. The molecule has 3 N–H and O–H groups in total. The number of hydrogen-bond acceptors (Lipinski definition) is 13. The molecule has 19 heteroatoms. The first kappa shape index (κ1) is 48.8. The number of benzene rings is 4. The van der Waals surface area contributed by atoms with E-state index in [0.29, 0.717) is 59.4 Å². The van der Waals surface area contributed by atoms with Crippen molar-refractivity contribution in [1.82, 2.24) is 49.7 Å². The van der Waals surface area contributed by atoms with E-state index in [0.717, 1.165) is 88.3 Å². The molecule has 74 heavy (non-hydrogen) atoms. The van der Waals surface area contributed by atoms with Gasteiger partial charge in [-0.15, -0.1) is 16.6 Å². The summed E-state index contributed by atoms with van der Waals surface area (Å²) in [6.07, 6.45) is 5.95. The third kappa shape index (κ3) is 9.30. The number of hydrogen-bond donors (Lipinski definition) is 3. The van der Waals surface area contributed by atoms with Gasteiger partial charge in [0.25, 0.3) is 5.91 Å². The van der Waals surface area contributed by atoms with Crippen LogP contribution in [0, 0.1) is 23.6 Å². The number of rotatable bonds is 14. The van der Waals surface area contributed by atoms with E-state index in [1.54, 1.807) is 18.3 Å². The number of alkyl halides is 3. The summed E-state index contributed by atoms with van der Waals surface area (Å²) in [6.45, 7) is 12.1. The first-order chi connectivity index (χ1) is 35.6. The highest BCUT2D eigenvalue weighted by Crippen LogP contribution is 2.47. The molecule has 2 unspecified atom stereocenters. The number of aromatic nitrogens is 6. The predicted octanol–water partition coefficient (Wildman–Crippen LogP) is 8.26. The van der Waals surface area contributed by atoms with Crippen molar-refractivity contribution >= 4 is 33.4 Å². The highest BCUT2D eigenvalue weighted by molar-refractivity contribution is 6.02. The number of anilines is 1. The number of terminal acetylenes is 1. The minimum Gasteiger partial charge on any atom is -0.508 e. The number of aromatic hydroxyl groups is 2. The van der Waals surface area contributed by atoms with E-state index in [1.165, 1.54) is 16.7 Å². The lowest BCUT2D eigenvalue weighted by Gasteiger charge is -2.36. The lowest BCUT2D eigenvalue weighted by atomic mass is 9.97. The van der Waals surface area contributed by atoms with Gasteiger partial charge in [0.15, 0.2) is 11.6 Å². The number of pyridine rings is 1. The van der Waals surface area contributed by atoms with Gasteiger partial charge in [0.05, 0.1) is 24.2 Å². The number of fused-ring (bicyclic) bond motifs is 3. The van der Waals surface area contributed by atoms with Crippen molar-refractivity contribution in [1.29, 1.82) is 0 Å². The standard InChI is InChI=1S/C55H55F4N11O4/c1-5-35-8-6-9-36-10-7-11-39(45(35)36)47-46(56)48-42(26-60-47)49(69-28-38-16-19-68(38)31-69)63-53(62-48)74-30-54(17-18-54)29-67-22-20-66(21-23-67)27-34-12-14-37(15-13-34)70-50(41-24-40(32(2)3)43(71)25-44(41)72)64-65-51(70)52(73)61-33(4)55(57,58)59/h1,6-15,24-26,32-33,38,71-72H,16-23,27-31H2,2-4H3,(H,61,73). The second-order valence-corrected chi connectivity index (χ2v) is 20.5. The Kier molecular flexibility index (Phi) is 12.6. The average molecular weight is 1010 g/mol. The Morgan fingerprint density at radius 3 is 2.34 bits per heavy atom. The van der Waals surface area contributed by atoms with Crippen molar-refractivity contribution in [2.75, 3.05) is 64.0 Å². The van der Waals surface area contributed by atoms with Gasteiger partial charge in [-0.1, -0.05) is 62.2 Å². The maximum atomic E-state index is 17.0. The van der Waals surface area contributed by atoms with Crippen LogP contribution in [0.2, 0.25) is 0 Å². The second kappa shape index (κ2) is 19.1. The fraction of sp³-hybridized carbons (Fsp3) is 0.382. The summed E-state index contributed by atoms with van der Waals surface area (Å²) in [7, 11) is 0. The van der Waals surface area contributed by atoms with Gasteiger partial charge in [0.2, 0.25) is 5.82 Å². The molecule has 0 bridgehead atoms. The average Bonchev–Trinajstić information content (AvgIpc) is 3.89. The predicted molar refractivity (Wildman–Crippen MR) is 272 cm³/mol. The highest BCUT2D eigenvalue weighted by Gasteiger charge is 2.46. The largest absolute Gasteiger partial charge is 0.508 e. The van der Waals surface area contributed by atoms with Gasteiger partial charge in [0, 0.05) is 98.3 Å². The number of amides is 1. The zero-order valence-electron chi connectivity index (χ0n) is 41.2. The highest BCUT2D eigenvalue weighted by atomic mass is 19.4. The number of phenols is 2. The van der Waals surface area contributed by atoms with Crippen molar-refractivity contribution < 1.29 is 37.3 Å². The molecule has 15 nitrogen and oxygen atoms in total. The van der Waals surface area contributed by atoms with Gasteiger partial charge in [-0.25, -0.2) is 4.39 Å². The van der Waals surface area contributed by atoms with Crippen molar-refractivity contribution in [2.24, 2.45) is 5.41 Å². The quantitative estimate of drug-likeness (QED) is 0.0707. The molecular weight excluding hydrogens is 955 g/mol. The first-order valence-electron chi connectivity index (χ1n) is 25.0. The molecule has 2 atom stereocenters. The minimum atomic E-state index is -4.70. The molecule has 0 radical (unpaired) electrons. The Balaban J connectivity index is 0.774. The van der Waals surface area contributed by atoms with Crippen LogP contribution in [0.3, 0.4) is 0 Å². The summed E-state index contributed by atoms with van der Waals surface area (Å²) in [6, 6.07) is 19.7. The van der Waals surface area contributed by atoms with Crippen molar-refractivity contribution in [2.45, 2.75) is 70.8 Å². The molecule has 7 aromatic rings. The van der Waals surface area contributed by atoms with Crippen molar-refractivity contribution in [3.05, 3.63) is 107 Å². The molecule has 3 saturated heterocycles. The number of nitrogens with zero attached hydrogens (tertiary/aromatic N) is 10. The topological polar surface area (TPSA) is 161 Å². The molecule has 3 aliphatic heterocycles. The van der Waals surface area contributed by atoms with Gasteiger partial charge < -0.3 is 30.1 Å². The van der Waals surface area contributed by atoms with E-state index in [1.807, 2.05) is 67.7 Å². The third-order valence-electron chi connectivity index (χ3n) is 15.1. The van der Waals surface area contributed by atoms with Crippen LogP contribution >= 0.6 is 0 Å². The van der Waals surface area contributed by atoms with Crippen LogP contribution in [0.15, 0.2) is 79.0 Å². The first-order valence-corrected chi connectivity index (χ1v) is 25.0. The van der Waals surface area contributed by atoms with Crippen LogP contribution in [0.1, 0.15) is 73.3 Å². The van der Waals surface area contributed by atoms with Crippen molar-refractivity contribution in [3.63, 3.8) is 0 Å². The van der Waals surface area contributed by atoms with Crippen LogP contribution in [-0.2, 0) is 6.54 Å². The summed E-state index contributed by atoms with van der Waals surface area (Å²) in [5, 5.41) is 33.8. The van der Waals surface area contributed by atoms with E-state index in [2.05, 4.69) is 35.7 Å². The Morgan fingerprint density at radius 1 is 0.932 bits per heavy atom. The molecule has 4 fully saturated rings. The zero-order chi connectivity index (χ0) is 51.6. The molecule has 6 heterocycles. The third-order valence-corrected chi connectivity index (χ3v) is 15.1. The lowest BCUT2D eigenvalue weighted by molar-refractivity contribution is -0.149. The molecule has 1 aliphatic carbocycles. The molecule has 11 rings (SSSR count). The number of nitrogens with one attached hydrogen (secondary N) is 1. The normalized spacial score (nSPS) is 18.4. The van der Waals surface area contributed by atoms with Crippen LogP contribution in [0.4, 0.5) is 23.4 Å². The molecule has 4 aliphatic rings. The molecule has 3 aromatic heterocycles. The van der Waals surface area contributed by atoms with Crippen LogP contribution < -0.4 is 15.0 Å². The molecular formula is C55H55F4N11O4. The Hall–Kier alpha value is -7.40. The fourth-order valence-electron chi connectivity index (χ4n) is 10.5. The minimum absolute atomic E-state index is 0.0105. The zero-order valence-corrected chi connectivity index (χ0v) is 41.2. The molecule has 0 spiro atoms. The SMILES string of the molecule is C#Cc1cccc2cccc(-c3ncc4c(N5CC6CCN6C5)nc(OCC5(CN6CCN(Cc7ccc(-n8c(C(=O)NC(C)C(F)(F)F)nnc8-c8cc(C(C)C)c(O)cc8O)cc7)CC6)CC5)nc4c3F)c12. The maximum absolute atomic E-state index is 17.0. The number of carbonyl (C=O) groups excluding carboxylic acids is 1. The lowest BCUT2D eigenvalue weighted by Crippen LogP contribution is -2.48. The van der Waals surface area contributed by atoms with Crippen molar-refractivity contribution in [3.8, 4) is 58.2 Å². The molecule has 1 amide bonds. The summed E-state index contributed by atoms with van der Waals surface area (Å²) in [4.78, 5) is 37.1. The summed E-state index contributed by atoms with van der Waals surface area (Å²) in [5.41, 5.74) is 3.46. The smallest absolute Gasteiger partial charge is 0.408 e. The van der Waals surface area contributed by atoms with E-state index in [4.69, 9.17) is 26.1 Å². The van der Waals surface area contributed by atoms with E-state index in [9.17, 15) is 28.2 Å². The number of halogens is 4. The molecule has 382 valence electrons. The molecule has 4 aromatic carbocycles. The van der Waals surface area contributed by atoms with E-state index < -0.39 is 29.8 Å². The van der Waals surface area contributed by atoms with Crippen LogP contribution in [-0.4, -0.2) is 138 Å². The monoisotopic (exact) mass is 1010 g/mol. The Labute approximate surface area is 424 Å². The van der Waals surface area contributed by atoms with E-state index >= 15 is 4.39 Å². The summed E-state index contributed by atoms with van der Waals surface area (Å²) in [5.74, 6) is 0.681. The Morgan fingerprint density at radius 2 is 1.68 bits per heavy atom. The summed E-state index contributed by atoms with van der Waals surface area (Å²) >= 11 is 0. The van der Waals surface area contributed by atoms with Gasteiger partial charge in [0.1, 0.15) is 34.6 Å². The van der Waals surface area contributed by atoms with Crippen LogP contribution in [0.25, 0.3) is 50.0 Å². The number of piperazine rings is 1. The Bertz CT molecular complexity index is 3330. The van der Waals surface area contributed by atoms with Gasteiger partial charge >= 0.3 is 12.2 Å². The van der Waals surface area contributed by atoms with E-state index in [-0.39, 0.29) is 51.4 Å². The maximum Gasteiger partial charge on any atom is 0.408 e. The van der Waals surface area contributed by atoms with Gasteiger partial charge in [-0.05, 0) is 72.9 Å². The summed E-state index contributed by atoms with van der Waals surface area (Å²) < 4.78 is 65.4. The molecule has 1 saturated carbocycles. The number of phenolic OH excluding ortho intramolecular Hbond substituents is 2. The van der Waals surface area contributed by atoms with Gasteiger partial charge in [-0.2, -0.15) is 23.1 Å².